The van der Waals surface area contributed by atoms with Gasteiger partial charge in [0.25, 0.3) is 0 Å². The summed E-state index contributed by atoms with van der Waals surface area (Å²) in [6.45, 7) is 7.92. The minimum atomic E-state index is 0.428. The Morgan fingerprint density at radius 2 is 1.68 bits per heavy atom. The van der Waals surface area contributed by atoms with E-state index in [9.17, 15) is 0 Å². The van der Waals surface area contributed by atoms with Crippen molar-refractivity contribution in [3.63, 3.8) is 0 Å². The van der Waals surface area contributed by atoms with E-state index in [0.717, 1.165) is 12.5 Å². The van der Waals surface area contributed by atoms with Gasteiger partial charge in [-0.05, 0) is 54.6 Å². The van der Waals surface area contributed by atoms with Gasteiger partial charge in [0.2, 0.25) is 0 Å². The molecule has 2 aromatic rings. The van der Waals surface area contributed by atoms with Gasteiger partial charge < -0.3 is 5.32 Å². The number of hydrogen-bond acceptors (Lipinski definition) is 1. The molecule has 2 rings (SSSR count). The summed E-state index contributed by atoms with van der Waals surface area (Å²) >= 11 is 0. The molecule has 1 N–H and O–H groups in total. The molecule has 1 nitrogen and oxygen atoms in total. The average molecular weight is 255 g/mol. The summed E-state index contributed by atoms with van der Waals surface area (Å²) in [6.07, 6.45) is 2.56. The van der Waals surface area contributed by atoms with Gasteiger partial charge in [-0.2, -0.15) is 0 Å². The van der Waals surface area contributed by atoms with Crippen molar-refractivity contribution in [2.75, 3.05) is 6.54 Å². The Hall–Kier alpha value is -1.34. The maximum absolute atomic E-state index is 3.62. The second-order valence-electron chi connectivity index (χ2n) is 5.82. The zero-order chi connectivity index (χ0) is 13.7. The Morgan fingerprint density at radius 1 is 0.947 bits per heavy atom. The predicted octanol–water partition coefficient (Wildman–Crippen LogP) is 4.93. The van der Waals surface area contributed by atoms with Crippen LogP contribution in [-0.2, 0) is 0 Å². The van der Waals surface area contributed by atoms with Crippen LogP contribution in [0.3, 0.4) is 0 Å². The molecule has 102 valence electrons. The molecule has 0 aromatic heterocycles. The van der Waals surface area contributed by atoms with Gasteiger partial charge in [-0.3, -0.25) is 0 Å². The van der Waals surface area contributed by atoms with Crippen molar-refractivity contribution >= 4 is 10.8 Å². The Morgan fingerprint density at radius 3 is 2.42 bits per heavy atom. The van der Waals surface area contributed by atoms with Crippen LogP contribution in [0.25, 0.3) is 10.8 Å². The fourth-order valence-corrected chi connectivity index (χ4v) is 2.42. The molecule has 0 bridgehead atoms. The summed E-state index contributed by atoms with van der Waals surface area (Å²) in [5.41, 5.74) is 1.38. The highest BCUT2D eigenvalue weighted by molar-refractivity contribution is 5.83. The van der Waals surface area contributed by atoms with Gasteiger partial charge in [0.15, 0.2) is 0 Å². The van der Waals surface area contributed by atoms with E-state index in [1.165, 1.54) is 29.2 Å². The molecule has 0 fully saturated rings. The van der Waals surface area contributed by atoms with Crippen molar-refractivity contribution in [3.8, 4) is 0 Å². The predicted molar refractivity (Wildman–Crippen MR) is 84.4 cm³/mol. The Bertz CT molecular complexity index is 516. The molecule has 0 saturated heterocycles. The van der Waals surface area contributed by atoms with E-state index in [2.05, 4.69) is 68.6 Å². The average Bonchev–Trinajstić information content (AvgIpc) is 2.42. The first-order chi connectivity index (χ1) is 9.16. The lowest BCUT2D eigenvalue weighted by Crippen LogP contribution is -2.20. The molecule has 1 heteroatoms. The molecule has 19 heavy (non-hydrogen) atoms. The highest BCUT2D eigenvalue weighted by Crippen LogP contribution is 2.20. The number of fused-ring (bicyclic) bond motifs is 1. The maximum Gasteiger partial charge on any atom is 0.0292 e. The van der Waals surface area contributed by atoms with Crippen LogP contribution in [0.5, 0.6) is 0 Å². The maximum atomic E-state index is 3.62. The standard InChI is InChI=1S/C18H25N/c1-14(2)7-6-12-19-15(3)17-11-10-16-8-4-5-9-18(16)13-17/h4-5,8-11,13-15,19H,6-7,12H2,1-3H3. The zero-order valence-corrected chi connectivity index (χ0v) is 12.3. The summed E-state index contributed by atoms with van der Waals surface area (Å²) in [6, 6.07) is 15.7. The Balaban J connectivity index is 1.95. The van der Waals surface area contributed by atoms with Gasteiger partial charge in [0, 0.05) is 6.04 Å². The SMILES string of the molecule is CC(C)CCCNC(C)c1ccc2ccccc2c1. The van der Waals surface area contributed by atoms with Crippen molar-refractivity contribution in [3.05, 3.63) is 48.0 Å². The molecule has 0 radical (unpaired) electrons. The molecule has 0 amide bonds. The monoisotopic (exact) mass is 255 g/mol. The van der Waals surface area contributed by atoms with Gasteiger partial charge in [0.1, 0.15) is 0 Å². The zero-order valence-electron chi connectivity index (χ0n) is 12.3. The van der Waals surface area contributed by atoms with Crippen LogP contribution < -0.4 is 5.32 Å². The fraction of sp³-hybridized carbons (Fsp3) is 0.444. The van der Waals surface area contributed by atoms with Crippen molar-refractivity contribution in [2.24, 2.45) is 5.92 Å². The van der Waals surface area contributed by atoms with E-state index in [1.807, 2.05) is 0 Å². The molecular weight excluding hydrogens is 230 g/mol. The van der Waals surface area contributed by atoms with Crippen LogP contribution in [-0.4, -0.2) is 6.54 Å². The molecule has 1 atom stereocenters. The quantitative estimate of drug-likeness (QED) is 0.722. The molecule has 0 aliphatic carbocycles. The van der Waals surface area contributed by atoms with Gasteiger partial charge in [-0.25, -0.2) is 0 Å². The molecule has 0 spiro atoms. The van der Waals surface area contributed by atoms with E-state index in [4.69, 9.17) is 0 Å². The summed E-state index contributed by atoms with van der Waals surface area (Å²) < 4.78 is 0. The molecule has 0 aliphatic heterocycles. The molecule has 0 aliphatic rings. The summed E-state index contributed by atoms with van der Waals surface area (Å²) in [5.74, 6) is 0.803. The second kappa shape index (κ2) is 6.72. The third-order valence-corrected chi connectivity index (χ3v) is 3.68. The minimum absolute atomic E-state index is 0.428. The normalized spacial score (nSPS) is 13.1. The first kappa shape index (κ1) is 14.1. The van der Waals surface area contributed by atoms with Crippen molar-refractivity contribution in [1.29, 1.82) is 0 Å². The minimum Gasteiger partial charge on any atom is -0.310 e. The lowest BCUT2D eigenvalue weighted by atomic mass is 10.0. The van der Waals surface area contributed by atoms with Crippen LogP contribution in [0.1, 0.15) is 45.2 Å². The van der Waals surface area contributed by atoms with Gasteiger partial charge in [0.05, 0.1) is 0 Å². The van der Waals surface area contributed by atoms with Crippen LogP contribution in [0, 0.1) is 5.92 Å². The van der Waals surface area contributed by atoms with E-state index in [0.29, 0.717) is 6.04 Å². The summed E-state index contributed by atoms with van der Waals surface area (Å²) in [5, 5.41) is 6.27. The molecule has 0 heterocycles. The van der Waals surface area contributed by atoms with E-state index in [-0.39, 0.29) is 0 Å². The number of rotatable bonds is 6. The largest absolute Gasteiger partial charge is 0.310 e. The summed E-state index contributed by atoms with van der Waals surface area (Å²) in [4.78, 5) is 0. The number of benzene rings is 2. The first-order valence-corrected chi connectivity index (χ1v) is 7.39. The second-order valence-corrected chi connectivity index (χ2v) is 5.82. The summed E-state index contributed by atoms with van der Waals surface area (Å²) in [7, 11) is 0. The third-order valence-electron chi connectivity index (χ3n) is 3.68. The van der Waals surface area contributed by atoms with E-state index >= 15 is 0 Å². The van der Waals surface area contributed by atoms with Crippen LogP contribution in [0.2, 0.25) is 0 Å². The number of nitrogens with one attached hydrogen (secondary N) is 1. The molecular formula is C18H25N. The lowest BCUT2D eigenvalue weighted by Gasteiger charge is -2.15. The molecule has 2 aromatic carbocycles. The van der Waals surface area contributed by atoms with Gasteiger partial charge >= 0.3 is 0 Å². The van der Waals surface area contributed by atoms with Crippen LogP contribution in [0.4, 0.5) is 0 Å². The van der Waals surface area contributed by atoms with E-state index in [1.54, 1.807) is 0 Å². The first-order valence-electron chi connectivity index (χ1n) is 7.39. The highest BCUT2D eigenvalue weighted by Gasteiger charge is 2.05. The Labute approximate surface area is 117 Å². The molecule has 1 unspecified atom stereocenters. The van der Waals surface area contributed by atoms with Crippen molar-refractivity contribution in [2.45, 2.75) is 39.7 Å². The number of hydrogen-bond donors (Lipinski definition) is 1. The highest BCUT2D eigenvalue weighted by atomic mass is 14.9. The smallest absolute Gasteiger partial charge is 0.0292 e. The van der Waals surface area contributed by atoms with Crippen molar-refractivity contribution < 1.29 is 0 Å². The fourth-order valence-electron chi connectivity index (χ4n) is 2.42. The topological polar surface area (TPSA) is 12.0 Å². The van der Waals surface area contributed by atoms with Gasteiger partial charge in [-0.1, -0.05) is 50.2 Å². The van der Waals surface area contributed by atoms with Gasteiger partial charge in [-0.15, -0.1) is 0 Å². The van der Waals surface area contributed by atoms with Crippen LogP contribution in [0.15, 0.2) is 42.5 Å². The molecule has 0 saturated carbocycles. The van der Waals surface area contributed by atoms with E-state index < -0.39 is 0 Å². The lowest BCUT2D eigenvalue weighted by molar-refractivity contribution is 0.498. The van der Waals surface area contributed by atoms with Crippen molar-refractivity contribution in [1.82, 2.24) is 5.32 Å². The Kier molecular flexibility index (Phi) is 4.98. The van der Waals surface area contributed by atoms with Crippen LogP contribution >= 0.6 is 0 Å². The third kappa shape index (κ3) is 4.07.